The van der Waals surface area contributed by atoms with Crippen molar-refractivity contribution >= 4 is 5.69 Å². The first-order chi connectivity index (χ1) is 8.79. The Hall–Kier alpha value is -1.23. The second-order valence-electron chi connectivity index (χ2n) is 4.69. The summed E-state index contributed by atoms with van der Waals surface area (Å²) >= 11 is 0. The van der Waals surface area contributed by atoms with E-state index in [1.807, 2.05) is 18.7 Å². The highest BCUT2D eigenvalue weighted by Crippen LogP contribution is 2.35. The Morgan fingerprint density at radius 3 is 2.21 bits per heavy atom. The van der Waals surface area contributed by atoms with Crippen LogP contribution in [-0.4, -0.2) is 19.1 Å². The smallest absolute Gasteiger partial charge is 0.372 e. The second-order valence-corrected chi connectivity index (χ2v) is 4.69. The zero-order chi connectivity index (χ0) is 14.6. The highest BCUT2D eigenvalue weighted by Gasteiger charge is 2.33. The average molecular weight is 274 g/mol. The molecular formula is C14H21F3N2. The molecule has 0 radical (unpaired) electrons. The Morgan fingerprint density at radius 2 is 1.79 bits per heavy atom. The molecule has 1 rings (SSSR count). The third-order valence-corrected chi connectivity index (χ3v) is 3.07. The van der Waals surface area contributed by atoms with Crippen molar-refractivity contribution in [2.24, 2.45) is 5.73 Å². The van der Waals surface area contributed by atoms with Crippen molar-refractivity contribution in [2.75, 3.05) is 18.0 Å². The molecule has 0 amide bonds. The predicted molar refractivity (Wildman–Crippen MR) is 72.4 cm³/mol. The second kappa shape index (κ2) is 6.28. The SMILES string of the molecule is CCN(CC)c1ccc(CC(C)N)c(C(F)(F)F)c1. The maximum atomic E-state index is 13.1. The van der Waals surface area contributed by atoms with E-state index in [1.165, 1.54) is 6.07 Å². The lowest BCUT2D eigenvalue weighted by Gasteiger charge is -2.23. The molecule has 0 aliphatic heterocycles. The molecule has 0 spiro atoms. The van der Waals surface area contributed by atoms with Gasteiger partial charge in [-0.2, -0.15) is 13.2 Å². The molecule has 0 saturated carbocycles. The van der Waals surface area contributed by atoms with Crippen LogP contribution in [-0.2, 0) is 12.6 Å². The van der Waals surface area contributed by atoms with Gasteiger partial charge < -0.3 is 10.6 Å². The topological polar surface area (TPSA) is 29.3 Å². The van der Waals surface area contributed by atoms with Crippen molar-refractivity contribution < 1.29 is 13.2 Å². The van der Waals surface area contributed by atoms with Crippen molar-refractivity contribution in [3.05, 3.63) is 29.3 Å². The Bertz CT molecular complexity index is 410. The van der Waals surface area contributed by atoms with E-state index in [2.05, 4.69) is 0 Å². The number of hydrogen-bond donors (Lipinski definition) is 1. The maximum Gasteiger partial charge on any atom is 0.416 e. The normalized spacial score (nSPS) is 13.4. The van der Waals surface area contributed by atoms with Gasteiger partial charge in [-0.25, -0.2) is 0 Å². The standard InChI is InChI=1S/C14H21F3N2/c1-4-19(5-2)12-7-6-11(8-10(3)18)13(9-12)14(15,16)17/h6-7,9-10H,4-5,8,18H2,1-3H3. The van der Waals surface area contributed by atoms with Crippen LogP contribution in [0.1, 0.15) is 31.9 Å². The van der Waals surface area contributed by atoms with E-state index in [4.69, 9.17) is 5.73 Å². The molecular weight excluding hydrogens is 253 g/mol. The van der Waals surface area contributed by atoms with Gasteiger partial charge in [0, 0.05) is 24.8 Å². The van der Waals surface area contributed by atoms with E-state index in [0.29, 0.717) is 18.8 Å². The molecule has 0 fully saturated rings. The first-order valence-corrected chi connectivity index (χ1v) is 6.50. The lowest BCUT2D eigenvalue weighted by atomic mass is 9.99. The molecule has 0 heterocycles. The average Bonchev–Trinajstić information content (AvgIpc) is 2.30. The van der Waals surface area contributed by atoms with E-state index >= 15 is 0 Å². The van der Waals surface area contributed by atoms with E-state index in [-0.39, 0.29) is 18.0 Å². The highest BCUT2D eigenvalue weighted by atomic mass is 19.4. The molecule has 1 atom stereocenters. The quantitative estimate of drug-likeness (QED) is 0.891. The van der Waals surface area contributed by atoms with Gasteiger partial charge in [0.25, 0.3) is 0 Å². The van der Waals surface area contributed by atoms with E-state index in [9.17, 15) is 13.2 Å². The fraction of sp³-hybridized carbons (Fsp3) is 0.571. The van der Waals surface area contributed by atoms with E-state index in [0.717, 1.165) is 0 Å². The Kier molecular flexibility index (Phi) is 5.23. The van der Waals surface area contributed by atoms with E-state index in [1.54, 1.807) is 19.1 Å². The summed E-state index contributed by atoms with van der Waals surface area (Å²) in [6, 6.07) is 4.21. The van der Waals surface area contributed by atoms with Crippen molar-refractivity contribution in [1.29, 1.82) is 0 Å². The molecule has 0 aliphatic rings. The molecule has 19 heavy (non-hydrogen) atoms. The van der Waals surface area contributed by atoms with Crippen molar-refractivity contribution in [1.82, 2.24) is 0 Å². The van der Waals surface area contributed by atoms with Crippen LogP contribution in [0.15, 0.2) is 18.2 Å². The van der Waals surface area contributed by atoms with Gasteiger partial charge in [0.1, 0.15) is 0 Å². The number of nitrogens with two attached hydrogens (primary N) is 1. The number of hydrogen-bond acceptors (Lipinski definition) is 2. The molecule has 2 N–H and O–H groups in total. The van der Waals surface area contributed by atoms with Crippen LogP contribution in [0.25, 0.3) is 0 Å². The highest BCUT2D eigenvalue weighted by molar-refractivity contribution is 5.52. The predicted octanol–water partition coefficient (Wildman–Crippen LogP) is 3.44. The fourth-order valence-corrected chi connectivity index (χ4v) is 2.14. The molecule has 0 aromatic heterocycles. The van der Waals surface area contributed by atoms with Crippen molar-refractivity contribution in [2.45, 2.75) is 39.4 Å². The monoisotopic (exact) mass is 274 g/mol. The minimum Gasteiger partial charge on any atom is -0.372 e. The van der Waals surface area contributed by atoms with Crippen LogP contribution in [0.3, 0.4) is 0 Å². The van der Waals surface area contributed by atoms with Gasteiger partial charge in [0.2, 0.25) is 0 Å². The molecule has 2 nitrogen and oxygen atoms in total. The van der Waals surface area contributed by atoms with Gasteiger partial charge in [-0.15, -0.1) is 0 Å². The van der Waals surface area contributed by atoms with E-state index < -0.39 is 11.7 Å². The van der Waals surface area contributed by atoms with Gasteiger partial charge in [0.05, 0.1) is 5.56 Å². The third kappa shape index (κ3) is 4.13. The van der Waals surface area contributed by atoms with Crippen LogP contribution >= 0.6 is 0 Å². The van der Waals surface area contributed by atoms with Crippen LogP contribution < -0.4 is 10.6 Å². The Morgan fingerprint density at radius 1 is 1.21 bits per heavy atom. The minimum absolute atomic E-state index is 0.230. The molecule has 1 aromatic rings. The first-order valence-electron chi connectivity index (χ1n) is 6.50. The van der Waals surface area contributed by atoms with Gasteiger partial charge in [0.15, 0.2) is 0 Å². The lowest BCUT2D eigenvalue weighted by molar-refractivity contribution is -0.138. The van der Waals surface area contributed by atoms with Crippen molar-refractivity contribution in [3.8, 4) is 0 Å². The maximum absolute atomic E-state index is 13.1. The third-order valence-electron chi connectivity index (χ3n) is 3.07. The lowest BCUT2D eigenvalue weighted by Crippen LogP contribution is -2.24. The summed E-state index contributed by atoms with van der Waals surface area (Å²) in [5, 5.41) is 0. The van der Waals surface area contributed by atoms with Crippen LogP contribution in [0, 0.1) is 0 Å². The summed E-state index contributed by atoms with van der Waals surface area (Å²) in [6.45, 7) is 6.92. The summed E-state index contributed by atoms with van der Waals surface area (Å²) in [5.41, 5.74) is 5.90. The fourth-order valence-electron chi connectivity index (χ4n) is 2.14. The minimum atomic E-state index is -4.34. The summed E-state index contributed by atoms with van der Waals surface area (Å²) in [4.78, 5) is 1.89. The Balaban J connectivity index is 3.22. The van der Waals surface area contributed by atoms with Crippen LogP contribution in [0.4, 0.5) is 18.9 Å². The molecule has 0 bridgehead atoms. The van der Waals surface area contributed by atoms with Gasteiger partial charge >= 0.3 is 6.18 Å². The Labute approximate surface area is 112 Å². The summed E-state index contributed by atoms with van der Waals surface area (Å²) in [7, 11) is 0. The number of halogens is 3. The molecule has 5 heteroatoms. The molecule has 0 aliphatic carbocycles. The first kappa shape index (κ1) is 15.8. The zero-order valence-corrected chi connectivity index (χ0v) is 11.6. The molecule has 1 unspecified atom stereocenters. The molecule has 1 aromatic carbocycles. The zero-order valence-electron chi connectivity index (χ0n) is 11.6. The van der Waals surface area contributed by atoms with Gasteiger partial charge in [-0.1, -0.05) is 6.07 Å². The number of anilines is 1. The van der Waals surface area contributed by atoms with Crippen LogP contribution in [0.2, 0.25) is 0 Å². The van der Waals surface area contributed by atoms with Gasteiger partial charge in [-0.3, -0.25) is 0 Å². The summed E-state index contributed by atoms with van der Waals surface area (Å²) in [5.74, 6) is 0. The number of benzene rings is 1. The number of nitrogens with zero attached hydrogens (tertiary/aromatic N) is 1. The molecule has 108 valence electrons. The number of rotatable bonds is 5. The summed E-state index contributed by atoms with van der Waals surface area (Å²) in [6.07, 6.45) is -4.11. The summed E-state index contributed by atoms with van der Waals surface area (Å²) < 4.78 is 39.3. The van der Waals surface area contributed by atoms with Crippen LogP contribution in [0.5, 0.6) is 0 Å². The number of alkyl halides is 3. The largest absolute Gasteiger partial charge is 0.416 e. The van der Waals surface area contributed by atoms with Crippen molar-refractivity contribution in [3.63, 3.8) is 0 Å². The van der Waals surface area contributed by atoms with Gasteiger partial charge in [-0.05, 0) is 44.9 Å². The molecule has 0 saturated heterocycles.